The van der Waals surface area contributed by atoms with Crippen LogP contribution in [0.4, 0.5) is 16.3 Å². The Kier molecular flexibility index (Phi) is 4.50. The molecule has 0 aliphatic carbocycles. The van der Waals surface area contributed by atoms with Crippen molar-refractivity contribution in [3.8, 4) is 0 Å². The van der Waals surface area contributed by atoms with Gasteiger partial charge in [0.05, 0.1) is 5.71 Å². The summed E-state index contributed by atoms with van der Waals surface area (Å²) in [4.78, 5) is 15.8. The molecule has 0 atom stereocenters. The Labute approximate surface area is 123 Å². The maximum atomic E-state index is 11.8. The molecule has 0 fully saturated rings. The molecule has 0 unspecified atom stereocenters. The van der Waals surface area contributed by atoms with Gasteiger partial charge in [0.15, 0.2) is 0 Å². The summed E-state index contributed by atoms with van der Waals surface area (Å²) in [5.74, 6) is 0.510. The number of aromatic nitrogens is 1. The molecule has 0 aliphatic rings. The van der Waals surface area contributed by atoms with Gasteiger partial charge in [0.2, 0.25) is 0 Å². The topological polar surface area (TPSA) is 92.4 Å². The van der Waals surface area contributed by atoms with Gasteiger partial charge in [0.25, 0.3) is 0 Å². The lowest BCUT2D eigenvalue weighted by molar-refractivity contribution is 0.252. The van der Waals surface area contributed by atoms with Crippen LogP contribution in [0.3, 0.4) is 0 Å². The number of hydrogen-bond donors (Lipinski definition) is 3. The van der Waals surface area contributed by atoms with Crippen molar-refractivity contribution in [3.63, 3.8) is 0 Å². The highest BCUT2D eigenvalue weighted by molar-refractivity contribution is 6.00. The average Bonchev–Trinajstić information content (AvgIpc) is 2.48. The second-order valence-electron chi connectivity index (χ2n) is 4.55. The van der Waals surface area contributed by atoms with Gasteiger partial charge >= 0.3 is 6.03 Å². The smallest absolute Gasteiger partial charge is 0.340 e. The third kappa shape index (κ3) is 4.04. The zero-order valence-corrected chi connectivity index (χ0v) is 11.9. The minimum atomic E-state index is -0.438. The summed E-state index contributed by atoms with van der Waals surface area (Å²) in [6, 6.07) is 10.5. The molecule has 0 radical (unpaired) electrons. The summed E-state index contributed by atoms with van der Waals surface area (Å²) < 4.78 is 0. The Morgan fingerprint density at radius 3 is 2.62 bits per heavy atom. The van der Waals surface area contributed by atoms with Gasteiger partial charge in [0, 0.05) is 11.9 Å². The molecule has 0 bridgehead atoms. The Morgan fingerprint density at radius 2 is 1.95 bits per heavy atom. The number of nitrogens with two attached hydrogens (primary N) is 1. The second-order valence-corrected chi connectivity index (χ2v) is 4.55. The second kappa shape index (κ2) is 6.51. The molecular weight excluding hydrogens is 266 g/mol. The highest BCUT2D eigenvalue weighted by atomic mass is 16.2. The Morgan fingerprint density at radius 1 is 1.24 bits per heavy atom. The van der Waals surface area contributed by atoms with E-state index in [2.05, 4.69) is 20.8 Å². The molecule has 0 aliphatic heterocycles. The number of hydrazone groups is 1. The molecule has 4 N–H and O–H groups in total. The van der Waals surface area contributed by atoms with Gasteiger partial charge in [-0.3, -0.25) is 5.32 Å². The Bertz CT molecular complexity index is 664. The summed E-state index contributed by atoms with van der Waals surface area (Å²) in [6.45, 7) is 3.67. The SMILES string of the molecule is C/C(=N\NC(=O)Nc1ncccc1C)c1ccc(N)cc1. The van der Waals surface area contributed by atoms with Gasteiger partial charge in [-0.25, -0.2) is 15.2 Å². The van der Waals surface area contributed by atoms with Crippen LogP contribution in [0.5, 0.6) is 0 Å². The van der Waals surface area contributed by atoms with E-state index in [9.17, 15) is 4.79 Å². The van der Waals surface area contributed by atoms with Crippen molar-refractivity contribution in [3.05, 3.63) is 53.7 Å². The Balaban J connectivity index is 1.98. The van der Waals surface area contributed by atoms with E-state index in [-0.39, 0.29) is 0 Å². The predicted octanol–water partition coefficient (Wildman–Crippen LogP) is 2.52. The average molecular weight is 283 g/mol. The quantitative estimate of drug-likeness (QED) is 0.459. The standard InChI is InChI=1S/C15H17N5O/c1-10-4-3-9-17-14(10)18-15(21)20-19-11(2)12-5-7-13(16)8-6-12/h3-9H,16H2,1-2H3,(H2,17,18,20,21)/b19-11+. The molecule has 0 saturated carbocycles. The van der Waals surface area contributed by atoms with E-state index in [4.69, 9.17) is 5.73 Å². The number of benzene rings is 1. The monoisotopic (exact) mass is 283 g/mol. The first-order valence-corrected chi connectivity index (χ1v) is 6.45. The van der Waals surface area contributed by atoms with Crippen molar-refractivity contribution in [2.45, 2.75) is 13.8 Å². The number of aryl methyl sites for hydroxylation is 1. The highest BCUT2D eigenvalue weighted by Crippen LogP contribution is 2.09. The number of amides is 2. The summed E-state index contributed by atoms with van der Waals surface area (Å²) in [5.41, 5.74) is 11.2. The maximum Gasteiger partial charge on any atom is 0.340 e. The summed E-state index contributed by atoms with van der Waals surface area (Å²) >= 11 is 0. The van der Waals surface area contributed by atoms with Gasteiger partial charge in [0.1, 0.15) is 5.82 Å². The molecule has 6 heteroatoms. The van der Waals surface area contributed by atoms with Gasteiger partial charge in [-0.15, -0.1) is 0 Å². The molecule has 2 aromatic rings. The molecule has 1 aromatic heterocycles. The molecule has 0 saturated heterocycles. The number of nitrogens with one attached hydrogen (secondary N) is 2. The zero-order chi connectivity index (χ0) is 15.2. The minimum absolute atomic E-state index is 0.438. The van der Waals surface area contributed by atoms with Crippen LogP contribution in [0.2, 0.25) is 0 Å². The van der Waals surface area contributed by atoms with Crippen LogP contribution >= 0.6 is 0 Å². The number of nitrogens with zero attached hydrogens (tertiary/aromatic N) is 2. The number of nitrogen functional groups attached to an aromatic ring is 1. The third-order valence-electron chi connectivity index (χ3n) is 2.89. The number of rotatable bonds is 3. The molecular formula is C15H17N5O. The van der Waals surface area contributed by atoms with Gasteiger partial charge < -0.3 is 5.73 Å². The van der Waals surface area contributed by atoms with E-state index >= 15 is 0 Å². The number of anilines is 2. The first-order valence-electron chi connectivity index (χ1n) is 6.45. The van der Waals surface area contributed by atoms with Crippen LogP contribution in [0.25, 0.3) is 0 Å². The predicted molar refractivity (Wildman–Crippen MR) is 84.2 cm³/mol. The van der Waals surface area contributed by atoms with E-state index in [1.54, 1.807) is 25.3 Å². The van der Waals surface area contributed by atoms with Crippen LogP contribution in [-0.2, 0) is 0 Å². The zero-order valence-electron chi connectivity index (χ0n) is 11.9. The fourth-order valence-electron chi connectivity index (χ4n) is 1.68. The number of pyridine rings is 1. The number of carbonyl (C=O) groups is 1. The number of carbonyl (C=O) groups excluding carboxylic acids is 1. The van der Waals surface area contributed by atoms with E-state index in [1.807, 2.05) is 31.2 Å². The molecule has 2 amide bonds. The van der Waals surface area contributed by atoms with Crippen molar-refractivity contribution in [1.29, 1.82) is 0 Å². The normalized spacial score (nSPS) is 11.0. The largest absolute Gasteiger partial charge is 0.399 e. The molecule has 1 heterocycles. The van der Waals surface area contributed by atoms with E-state index in [0.29, 0.717) is 17.2 Å². The van der Waals surface area contributed by atoms with Crippen molar-refractivity contribution in [2.75, 3.05) is 11.1 Å². The molecule has 6 nitrogen and oxygen atoms in total. The van der Waals surface area contributed by atoms with Crippen LogP contribution in [0.1, 0.15) is 18.1 Å². The van der Waals surface area contributed by atoms with Crippen LogP contribution in [0.15, 0.2) is 47.7 Å². The number of urea groups is 1. The van der Waals surface area contributed by atoms with Gasteiger partial charge in [-0.1, -0.05) is 18.2 Å². The fraction of sp³-hybridized carbons (Fsp3) is 0.133. The van der Waals surface area contributed by atoms with E-state index < -0.39 is 6.03 Å². The lowest BCUT2D eigenvalue weighted by Gasteiger charge is -2.07. The van der Waals surface area contributed by atoms with E-state index in [1.165, 1.54) is 0 Å². The van der Waals surface area contributed by atoms with Gasteiger partial charge in [-0.05, 0) is 43.2 Å². The van der Waals surface area contributed by atoms with Crippen molar-refractivity contribution in [1.82, 2.24) is 10.4 Å². The van der Waals surface area contributed by atoms with Gasteiger partial charge in [-0.2, -0.15) is 5.10 Å². The van der Waals surface area contributed by atoms with E-state index in [0.717, 1.165) is 11.1 Å². The lowest BCUT2D eigenvalue weighted by atomic mass is 10.1. The third-order valence-corrected chi connectivity index (χ3v) is 2.89. The molecule has 108 valence electrons. The molecule has 1 aromatic carbocycles. The Hall–Kier alpha value is -2.89. The van der Waals surface area contributed by atoms with Crippen LogP contribution in [0, 0.1) is 6.92 Å². The van der Waals surface area contributed by atoms with Crippen molar-refractivity contribution >= 4 is 23.2 Å². The lowest BCUT2D eigenvalue weighted by Crippen LogP contribution is -2.26. The summed E-state index contributed by atoms with van der Waals surface area (Å²) in [7, 11) is 0. The maximum absolute atomic E-state index is 11.8. The first kappa shape index (κ1) is 14.5. The van der Waals surface area contributed by atoms with Crippen molar-refractivity contribution < 1.29 is 4.79 Å². The minimum Gasteiger partial charge on any atom is -0.399 e. The molecule has 21 heavy (non-hydrogen) atoms. The van der Waals surface area contributed by atoms with Crippen molar-refractivity contribution in [2.24, 2.45) is 5.10 Å². The summed E-state index contributed by atoms with van der Waals surface area (Å²) in [6.07, 6.45) is 1.62. The number of hydrogen-bond acceptors (Lipinski definition) is 4. The molecule has 2 rings (SSSR count). The van der Waals surface area contributed by atoms with Crippen LogP contribution < -0.4 is 16.5 Å². The van der Waals surface area contributed by atoms with Crippen LogP contribution in [-0.4, -0.2) is 16.7 Å². The summed E-state index contributed by atoms with van der Waals surface area (Å²) in [5, 5.41) is 6.67. The highest BCUT2D eigenvalue weighted by Gasteiger charge is 2.04. The first-order chi connectivity index (χ1) is 10.1. The molecule has 0 spiro atoms. The fourth-order valence-corrected chi connectivity index (χ4v) is 1.68.